The van der Waals surface area contributed by atoms with Gasteiger partial charge >= 0.3 is 0 Å². The van der Waals surface area contributed by atoms with E-state index in [1.165, 1.54) is 22.0 Å². The number of hydrogen-bond acceptors (Lipinski definition) is 1. The molecule has 0 saturated heterocycles. The summed E-state index contributed by atoms with van der Waals surface area (Å²) in [5.41, 5.74) is 9.86. The van der Waals surface area contributed by atoms with Crippen LogP contribution in [0.4, 0.5) is 0 Å². The standard InChI is InChI=1S/C14H20N2/c1-9(15)12-8-16-13-6-5-10(7-11(12)13)14(2,3)4/h5-9,16H,15H2,1-4H3. The van der Waals surface area contributed by atoms with E-state index in [4.69, 9.17) is 5.73 Å². The number of aromatic amines is 1. The minimum atomic E-state index is 0.0731. The zero-order valence-electron chi connectivity index (χ0n) is 10.5. The molecule has 1 aromatic heterocycles. The number of rotatable bonds is 1. The van der Waals surface area contributed by atoms with Gasteiger partial charge in [0.05, 0.1) is 0 Å². The van der Waals surface area contributed by atoms with Gasteiger partial charge in [-0.1, -0.05) is 26.8 Å². The Kier molecular flexibility index (Phi) is 2.55. The zero-order chi connectivity index (χ0) is 11.9. The molecule has 0 bridgehead atoms. The molecular formula is C14H20N2. The Hall–Kier alpha value is -1.28. The molecule has 0 aliphatic carbocycles. The fourth-order valence-electron chi connectivity index (χ4n) is 1.99. The second-order valence-electron chi connectivity index (χ2n) is 5.54. The van der Waals surface area contributed by atoms with Crippen LogP contribution in [0, 0.1) is 0 Å². The molecule has 0 spiro atoms. The van der Waals surface area contributed by atoms with E-state index in [-0.39, 0.29) is 11.5 Å². The molecule has 16 heavy (non-hydrogen) atoms. The minimum absolute atomic E-state index is 0.0731. The maximum Gasteiger partial charge on any atom is 0.0457 e. The van der Waals surface area contributed by atoms with Crippen molar-refractivity contribution in [3.8, 4) is 0 Å². The number of hydrogen-bond donors (Lipinski definition) is 2. The van der Waals surface area contributed by atoms with Gasteiger partial charge in [-0.3, -0.25) is 0 Å². The Morgan fingerprint density at radius 2 is 1.94 bits per heavy atom. The first-order chi connectivity index (χ1) is 7.39. The minimum Gasteiger partial charge on any atom is -0.361 e. The molecule has 2 rings (SSSR count). The number of nitrogens with two attached hydrogens (primary N) is 1. The fraction of sp³-hybridized carbons (Fsp3) is 0.429. The van der Waals surface area contributed by atoms with Crippen LogP contribution in [-0.4, -0.2) is 4.98 Å². The Bertz CT molecular complexity index is 501. The van der Waals surface area contributed by atoms with Crippen molar-refractivity contribution in [3.63, 3.8) is 0 Å². The molecule has 2 nitrogen and oxygen atoms in total. The van der Waals surface area contributed by atoms with Crippen molar-refractivity contribution in [1.29, 1.82) is 0 Å². The van der Waals surface area contributed by atoms with Crippen LogP contribution in [0.25, 0.3) is 10.9 Å². The monoisotopic (exact) mass is 216 g/mol. The predicted octanol–water partition coefficient (Wildman–Crippen LogP) is 3.49. The number of nitrogens with one attached hydrogen (secondary N) is 1. The quantitative estimate of drug-likeness (QED) is 0.753. The highest BCUT2D eigenvalue weighted by Gasteiger charge is 2.15. The van der Waals surface area contributed by atoms with E-state index >= 15 is 0 Å². The third-order valence-electron chi connectivity index (χ3n) is 3.07. The summed E-state index contributed by atoms with van der Waals surface area (Å²) in [5, 5.41) is 1.25. The average Bonchev–Trinajstić information content (AvgIpc) is 2.58. The summed E-state index contributed by atoms with van der Waals surface area (Å²) in [6, 6.07) is 6.65. The van der Waals surface area contributed by atoms with Crippen molar-refractivity contribution in [3.05, 3.63) is 35.5 Å². The van der Waals surface area contributed by atoms with Crippen LogP contribution in [0.3, 0.4) is 0 Å². The molecule has 0 aliphatic rings. The summed E-state index contributed by atoms with van der Waals surface area (Å²) in [6.07, 6.45) is 2.02. The smallest absolute Gasteiger partial charge is 0.0457 e. The van der Waals surface area contributed by atoms with E-state index in [2.05, 4.69) is 44.0 Å². The van der Waals surface area contributed by atoms with Crippen LogP contribution < -0.4 is 5.73 Å². The Balaban J connectivity index is 2.63. The molecule has 0 saturated carbocycles. The van der Waals surface area contributed by atoms with Gasteiger partial charge < -0.3 is 10.7 Å². The molecule has 3 N–H and O–H groups in total. The van der Waals surface area contributed by atoms with Gasteiger partial charge in [-0.25, -0.2) is 0 Å². The van der Waals surface area contributed by atoms with Crippen LogP contribution in [0.15, 0.2) is 24.4 Å². The van der Waals surface area contributed by atoms with Crippen molar-refractivity contribution < 1.29 is 0 Å². The molecule has 0 fully saturated rings. The summed E-state index contributed by atoms with van der Waals surface area (Å²) in [7, 11) is 0. The lowest BCUT2D eigenvalue weighted by Crippen LogP contribution is -2.11. The Labute approximate surface area is 96.9 Å². The summed E-state index contributed by atoms with van der Waals surface area (Å²) in [5.74, 6) is 0. The topological polar surface area (TPSA) is 41.8 Å². The number of benzene rings is 1. The number of aromatic nitrogens is 1. The van der Waals surface area contributed by atoms with Gasteiger partial charge in [0.2, 0.25) is 0 Å². The molecule has 0 amide bonds. The second-order valence-corrected chi connectivity index (χ2v) is 5.54. The molecule has 1 heterocycles. The maximum atomic E-state index is 5.96. The van der Waals surface area contributed by atoms with E-state index < -0.39 is 0 Å². The van der Waals surface area contributed by atoms with Crippen molar-refractivity contribution in [2.45, 2.75) is 39.2 Å². The van der Waals surface area contributed by atoms with Crippen molar-refractivity contribution >= 4 is 10.9 Å². The first-order valence-electron chi connectivity index (χ1n) is 5.76. The first kappa shape index (κ1) is 11.2. The van der Waals surface area contributed by atoms with Crippen LogP contribution in [0.5, 0.6) is 0 Å². The van der Waals surface area contributed by atoms with Gasteiger partial charge in [0, 0.05) is 23.1 Å². The van der Waals surface area contributed by atoms with Crippen LogP contribution in [0.1, 0.15) is 44.9 Å². The largest absolute Gasteiger partial charge is 0.361 e. The summed E-state index contributed by atoms with van der Waals surface area (Å²) in [4.78, 5) is 3.27. The van der Waals surface area contributed by atoms with Gasteiger partial charge in [0.15, 0.2) is 0 Å². The molecule has 86 valence electrons. The van der Waals surface area contributed by atoms with Crippen LogP contribution in [-0.2, 0) is 5.41 Å². The number of fused-ring (bicyclic) bond motifs is 1. The number of H-pyrrole nitrogens is 1. The van der Waals surface area contributed by atoms with E-state index in [9.17, 15) is 0 Å². The molecule has 0 radical (unpaired) electrons. The SMILES string of the molecule is CC(N)c1c[nH]c2ccc(C(C)(C)C)cc12. The molecule has 2 heteroatoms. The second kappa shape index (κ2) is 3.63. The predicted molar refractivity (Wildman–Crippen MR) is 69.6 cm³/mol. The maximum absolute atomic E-state index is 5.96. The highest BCUT2D eigenvalue weighted by atomic mass is 14.7. The Morgan fingerprint density at radius 1 is 1.25 bits per heavy atom. The highest BCUT2D eigenvalue weighted by Crippen LogP contribution is 2.29. The van der Waals surface area contributed by atoms with Crippen LogP contribution in [0.2, 0.25) is 0 Å². The molecule has 1 atom stereocenters. The molecule has 1 unspecified atom stereocenters. The first-order valence-corrected chi connectivity index (χ1v) is 5.76. The summed E-state index contributed by atoms with van der Waals surface area (Å²) < 4.78 is 0. The fourth-order valence-corrected chi connectivity index (χ4v) is 1.99. The average molecular weight is 216 g/mol. The summed E-state index contributed by atoms with van der Waals surface area (Å²) in [6.45, 7) is 8.71. The van der Waals surface area contributed by atoms with Gasteiger partial charge in [-0.2, -0.15) is 0 Å². The highest BCUT2D eigenvalue weighted by molar-refractivity contribution is 5.84. The zero-order valence-corrected chi connectivity index (χ0v) is 10.5. The third kappa shape index (κ3) is 1.85. The van der Waals surface area contributed by atoms with E-state index in [0.717, 1.165) is 0 Å². The van der Waals surface area contributed by atoms with E-state index in [0.29, 0.717) is 0 Å². The van der Waals surface area contributed by atoms with E-state index in [1.807, 2.05) is 13.1 Å². The molecule has 2 aromatic rings. The van der Waals surface area contributed by atoms with Gasteiger partial charge in [0.1, 0.15) is 0 Å². The molecule has 0 aliphatic heterocycles. The summed E-state index contributed by atoms with van der Waals surface area (Å²) >= 11 is 0. The third-order valence-corrected chi connectivity index (χ3v) is 3.07. The lowest BCUT2D eigenvalue weighted by Gasteiger charge is -2.19. The van der Waals surface area contributed by atoms with Gasteiger partial charge in [-0.05, 0) is 35.6 Å². The van der Waals surface area contributed by atoms with Crippen molar-refractivity contribution in [2.24, 2.45) is 5.73 Å². The normalized spacial score (nSPS) is 14.3. The van der Waals surface area contributed by atoms with E-state index in [1.54, 1.807) is 0 Å². The van der Waals surface area contributed by atoms with Crippen molar-refractivity contribution in [2.75, 3.05) is 0 Å². The lowest BCUT2D eigenvalue weighted by atomic mass is 9.86. The molecule has 1 aromatic carbocycles. The van der Waals surface area contributed by atoms with Gasteiger partial charge in [-0.15, -0.1) is 0 Å². The lowest BCUT2D eigenvalue weighted by molar-refractivity contribution is 0.591. The van der Waals surface area contributed by atoms with Crippen LogP contribution >= 0.6 is 0 Å². The van der Waals surface area contributed by atoms with Gasteiger partial charge in [0.25, 0.3) is 0 Å². The molecular weight excluding hydrogens is 196 g/mol. The Morgan fingerprint density at radius 3 is 2.50 bits per heavy atom. The van der Waals surface area contributed by atoms with Crippen molar-refractivity contribution in [1.82, 2.24) is 4.98 Å².